The molecule has 0 fully saturated rings. The first-order chi connectivity index (χ1) is 8.73. The van der Waals surface area contributed by atoms with Gasteiger partial charge in [-0.3, -0.25) is 4.79 Å². The van der Waals surface area contributed by atoms with Crippen LogP contribution in [-0.2, 0) is 0 Å². The highest BCUT2D eigenvalue weighted by Gasteiger charge is 2.15. The van der Waals surface area contributed by atoms with E-state index < -0.39 is 0 Å². The molecule has 0 unspecified atom stereocenters. The molecule has 106 valence electrons. The van der Waals surface area contributed by atoms with Crippen LogP contribution in [0.2, 0.25) is 0 Å². The van der Waals surface area contributed by atoms with E-state index in [1.165, 1.54) is 0 Å². The van der Waals surface area contributed by atoms with Gasteiger partial charge < -0.3 is 10.6 Å². The molecule has 0 aliphatic rings. The Hall–Kier alpha value is -1.58. The average Bonchev–Trinajstić information content (AvgIpc) is 2.34. The number of amides is 1. The summed E-state index contributed by atoms with van der Waals surface area (Å²) in [6.45, 7) is 11.1. The van der Waals surface area contributed by atoms with Crippen LogP contribution in [0, 0.1) is 5.41 Å². The van der Waals surface area contributed by atoms with Gasteiger partial charge in [0.05, 0.1) is 0 Å². The molecule has 2 N–H and O–H groups in total. The Bertz CT molecular complexity index is 447. The maximum Gasteiger partial charge on any atom is 0.251 e. The number of carbonyl (C=O) groups excluding carboxylic acids is 1. The molecule has 0 spiro atoms. The summed E-state index contributed by atoms with van der Waals surface area (Å²) in [6.07, 6.45) is 0. The van der Waals surface area contributed by atoms with Crippen molar-refractivity contribution >= 4 is 11.7 Å². The molecule has 1 amide bonds. The molecule has 0 saturated carbocycles. The molecule has 1 aromatic rings. The summed E-state index contributed by atoms with van der Waals surface area (Å²) in [5.74, 6) is 0.977. The lowest BCUT2D eigenvalue weighted by Crippen LogP contribution is -2.32. The van der Waals surface area contributed by atoms with Gasteiger partial charge in [-0.2, -0.15) is 0 Å². The summed E-state index contributed by atoms with van der Waals surface area (Å²) >= 11 is 0. The third-order valence-electron chi connectivity index (χ3n) is 2.73. The van der Waals surface area contributed by atoms with Crippen molar-refractivity contribution in [2.75, 3.05) is 18.9 Å². The van der Waals surface area contributed by atoms with E-state index in [2.05, 4.69) is 50.2 Å². The number of anilines is 1. The van der Waals surface area contributed by atoms with Crippen molar-refractivity contribution in [3.8, 4) is 0 Å². The van der Waals surface area contributed by atoms with E-state index in [9.17, 15) is 4.79 Å². The van der Waals surface area contributed by atoms with Crippen molar-refractivity contribution in [1.29, 1.82) is 0 Å². The van der Waals surface area contributed by atoms with Gasteiger partial charge in [-0.15, -0.1) is 0 Å². The minimum atomic E-state index is -0.0456. The molecule has 0 bridgehead atoms. The van der Waals surface area contributed by atoms with E-state index >= 15 is 0 Å². The largest absolute Gasteiger partial charge is 0.373 e. The SMILES string of the molecule is CNc1cc(C(=O)NCC(C)(C)C)cc(C(C)C)n1. The minimum absolute atomic E-state index is 0.0456. The van der Waals surface area contributed by atoms with E-state index in [0.717, 1.165) is 11.5 Å². The molecule has 19 heavy (non-hydrogen) atoms. The first-order valence-electron chi connectivity index (χ1n) is 6.71. The first kappa shape index (κ1) is 15.5. The number of hydrogen-bond acceptors (Lipinski definition) is 3. The standard InChI is InChI=1S/C15H25N3O/c1-10(2)12-7-11(8-13(16-6)18-12)14(19)17-9-15(3,4)5/h7-8,10H,9H2,1-6H3,(H,16,18)(H,17,19). The highest BCUT2D eigenvalue weighted by Crippen LogP contribution is 2.18. The Labute approximate surface area is 116 Å². The Balaban J connectivity index is 2.93. The summed E-state index contributed by atoms with van der Waals surface area (Å²) < 4.78 is 0. The highest BCUT2D eigenvalue weighted by atomic mass is 16.1. The van der Waals surface area contributed by atoms with E-state index in [4.69, 9.17) is 0 Å². The smallest absolute Gasteiger partial charge is 0.251 e. The zero-order valence-corrected chi connectivity index (χ0v) is 12.8. The average molecular weight is 263 g/mol. The second-order valence-electron chi connectivity index (χ2n) is 6.31. The van der Waals surface area contributed by atoms with Crippen LogP contribution in [-0.4, -0.2) is 24.5 Å². The number of pyridine rings is 1. The van der Waals surface area contributed by atoms with Crippen molar-refractivity contribution < 1.29 is 4.79 Å². The van der Waals surface area contributed by atoms with Crippen molar-refractivity contribution in [1.82, 2.24) is 10.3 Å². The lowest BCUT2D eigenvalue weighted by molar-refractivity contribution is 0.0939. The van der Waals surface area contributed by atoms with Gasteiger partial charge >= 0.3 is 0 Å². The van der Waals surface area contributed by atoms with Crippen LogP contribution in [0.5, 0.6) is 0 Å². The molecule has 1 heterocycles. The molecular weight excluding hydrogens is 238 g/mol. The molecule has 0 aromatic carbocycles. The van der Waals surface area contributed by atoms with Gasteiger partial charge in [-0.1, -0.05) is 34.6 Å². The van der Waals surface area contributed by atoms with E-state index in [0.29, 0.717) is 18.0 Å². The molecule has 0 aliphatic carbocycles. The maximum absolute atomic E-state index is 12.2. The normalized spacial score (nSPS) is 11.5. The Morgan fingerprint density at radius 2 is 1.95 bits per heavy atom. The van der Waals surface area contributed by atoms with Gasteiger partial charge in [0.2, 0.25) is 0 Å². The minimum Gasteiger partial charge on any atom is -0.373 e. The van der Waals surface area contributed by atoms with Gasteiger partial charge in [0.25, 0.3) is 5.91 Å². The van der Waals surface area contributed by atoms with Gasteiger partial charge in [-0.25, -0.2) is 4.98 Å². The molecule has 4 heteroatoms. The number of aromatic nitrogens is 1. The van der Waals surface area contributed by atoms with Crippen LogP contribution in [0.25, 0.3) is 0 Å². The fourth-order valence-electron chi connectivity index (χ4n) is 1.55. The number of carbonyl (C=O) groups is 1. The highest BCUT2D eigenvalue weighted by molar-refractivity contribution is 5.95. The van der Waals surface area contributed by atoms with E-state index in [-0.39, 0.29) is 11.3 Å². The fourth-order valence-corrected chi connectivity index (χ4v) is 1.55. The van der Waals surface area contributed by atoms with E-state index in [1.54, 1.807) is 6.07 Å². The van der Waals surface area contributed by atoms with Crippen LogP contribution in [0.15, 0.2) is 12.1 Å². The molecule has 1 rings (SSSR count). The quantitative estimate of drug-likeness (QED) is 0.878. The van der Waals surface area contributed by atoms with Crippen LogP contribution in [0.3, 0.4) is 0 Å². The van der Waals surface area contributed by atoms with Crippen molar-refractivity contribution in [3.63, 3.8) is 0 Å². The summed E-state index contributed by atoms with van der Waals surface area (Å²) in [5.41, 5.74) is 1.66. The van der Waals surface area contributed by atoms with Gasteiger partial charge in [0.1, 0.15) is 5.82 Å². The number of hydrogen-bond donors (Lipinski definition) is 2. The molecule has 4 nitrogen and oxygen atoms in total. The number of nitrogens with one attached hydrogen (secondary N) is 2. The molecule has 0 radical (unpaired) electrons. The molecule has 1 aromatic heterocycles. The Morgan fingerprint density at radius 3 is 2.42 bits per heavy atom. The molecule has 0 atom stereocenters. The van der Waals surface area contributed by atoms with Gasteiger partial charge in [0, 0.05) is 24.8 Å². The van der Waals surface area contributed by atoms with Crippen LogP contribution >= 0.6 is 0 Å². The third kappa shape index (κ3) is 4.89. The topological polar surface area (TPSA) is 54.0 Å². The Kier molecular flexibility index (Phi) is 4.92. The maximum atomic E-state index is 12.2. The third-order valence-corrected chi connectivity index (χ3v) is 2.73. The second-order valence-corrected chi connectivity index (χ2v) is 6.31. The summed E-state index contributed by atoms with van der Waals surface area (Å²) in [4.78, 5) is 16.6. The predicted octanol–water partition coefficient (Wildman–Crippen LogP) is 3.02. The molecule has 0 aliphatic heterocycles. The second kappa shape index (κ2) is 6.04. The number of nitrogens with zero attached hydrogens (tertiary/aromatic N) is 1. The zero-order valence-electron chi connectivity index (χ0n) is 12.8. The van der Waals surface area contributed by atoms with Crippen molar-refractivity contribution in [3.05, 3.63) is 23.4 Å². The fraction of sp³-hybridized carbons (Fsp3) is 0.600. The summed E-state index contributed by atoms with van der Waals surface area (Å²) in [7, 11) is 1.81. The lowest BCUT2D eigenvalue weighted by atomic mass is 9.97. The van der Waals surface area contributed by atoms with Crippen LogP contribution < -0.4 is 10.6 Å². The predicted molar refractivity (Wildman–Crippen MR) is 79.7 cm³/mol. The van der Waals surface area contributed by atoms with Crippen molar-refractivity contribution in [2.45, 2.75) is 40.5 Å². The molecule has 0 saturated heterocycles. The molecular formula is C15H25N3O. The van der Waals surface area contributed by atoms with Gasteiger partial charge in [0.15, 0.2) is 0 Å². The lowest BCUT2D eigenvalue weighted by Gasteiger charge is -2.19. The van der Waals surface area contributed by atoms with Crippen molar-refractivity contribution in [2.24, 2.45) is 5.41 Å². The van der Waals surface area contributed by atoms with Crippen LogP contribution in [0.4, 0.5) is 5.82 Å². The number of rotatable bonds is 4. The summed E-state index contributed by atoms with van der Waals surface area (Å²) in [5, 5.41) is 5.96. The Morgan fingerprint density at radius 1 is 1.32 bits per heavy atom. The van der Waals surface area contributed by atoms with Crippen LogP contribution in [0.1, 0.15) is 56.6 Å². The van der Waals surface area contributed by atoms with Gasteiger partial charge in [-0.05, 0) is 23.5 Å². The zero-order chi connectivity index (χ0) is 14.6. The van der Waals surface area contributed by atoms with E-state index in [1.807, 2.05) is 13.1 Å². The summed E-state index contributed by atoms with van der Waals surface area (Å²) in [6, 6.07) is 3.65. The first-order valence-corrected chi connectivity index (χ1v) is 6.71. The monoisotopic (exact) mass is 263 g/mol.